The monoisotopic (exact) mass is 401 g/mol. The maximum Gasteiger partial charge on any atom is 0.264 e. The Bertz CT molecular complexity index is 908. The van der Waals surface area contributed by atoms with Gasteiger partial charge in [-0.25, -0.2) is 8.42 Å². The number of anilines is 1. The van der Waals surface area contributed by atoms with Crippen molar-refractivity contribution >= 4 is 21.6 Å². The van der Waals surface area contributed by atoms with Crippen molar-refractivity contribution in [3.63, 3.8) is 0 Å². The third-order valence-electron chi connectivity index (χ3n) is 4.92. The number of hydrogen-bond acceptors (Lipinski definition) is 4. The Morgan fingerprint density at radius 2 is 1.54 bits per heavy atom. The van der Waals surface area contributed by atoms with Crippen LogP contribution in [0, 0.1) is 0 Å². The maximum absolute atomic E-state index is 12.9. The molecule has 0 N–H and O–H groups in total. The van der Waals surface area contributed by atoms with Crippen LogP contribution in [0.2, 0.25) is 0 Å². The number of nitrogens with zero attached hydrogens (tertiary/aromatic N) is 3. The van der Waals surface area contributed by atoms with E-state index in [1.807, 2.05) is 25.1 Å². The van der Waals surface area contributed by atoms with Crippen LogP contribution in [-0.2, 0) is 10.0 Å². The molecule has 0 heterocycles. The summed E-state index contributed by atoms with van der Waals surface area (Å²) in [5, 5.41) is 0. The highest BCUT2D eigenvalue weighted by Crippen LogP contribution is 2.28. The first kappa shape index (κ1) is 20.4. The van der Waals surface area contributed by atoms with Crippen LogP contribution in [0.3, 0.4) is 0 Å². The first-order chi connectivity index (χ1) is 13.3. The molecule has 0 atom stereocenters. The van der Waals surface area contributed by atoms with Crippen LogP contribution in [-0.4, -0.2) is 64.4 Å². The van der Waals surface area contributed by atoms with E-state index in [2.05, 4.69) is 4.90 Å². The van der Waals surface area contributed by atoms with Gasteiger partial charge in [0.15, 0.2) is 0 Å². The van der Waals surface area contributed by atoms with Gasteiger partial charge in [-0.3, -0.25) is 9.10 Å². The van der Waals surface area contributed by atoms with Gasteiger partial charge >= 0.3 is 0 Å². The normalized spacial score (nSPS) is 14.1. The molecule has 150 valence electrons. The summed E-state index contributed by atoms with van der Waals surface area (Å²) in [6, 6.07) is 15.5. The van der Waals surface area contributed by atoms with Crippen molar-refractivity contribution in [1.29, 1.82) is 0 Å². The van der Waals surface area contributed by atoms with Gasteiger partial charge in [0.05, 0.1) is 10.6 Å². The molecular formula is C21H27N3O3S. The largest absolute Gasteiger partial charge is 0.334 e. The lowest BCUT2D eigenvalue weighted by Gasteiger charge is -2.24. The van der Waals surface area contributed by atoms with Crippen molar-refractivity contribution in [1.82, 2.24) is 9.80 Å². The minimum absolute atomic E-state index is 0.0373. The molecule has 1 aliphatic rings. The van der Waals surface area contributed by atoms with Crippen LogP contribution in [0.5, 0.6) is 0 Å². The summed E-state index contributed by atoms with van der Waals surface area (Å²) in [5.41, 5.74) is 1.11. The van der Waals surface area contributed by atoms with E-state index in [1.54, 1.807) is 36.4 Å². The van der Waals surface area contributed by atoms with Crippen LogP contribution in [0.15, 0.2) is 59.5 Å². The standard InChI is InChI=1S/C21H27N3O3S/c1-22(2)15-16-24(19-11-12-19)21(25)17-9-13-20(14-10-17)28(26,27)23(3)18-7-5-4-6-8-18/h4-10,13-14,19H,11-12,15-16H2,1-3H3. The quantitative estimate of drug-likeness (QED) is 0.682. The Balaban J connectivity index is 1.77. The zero-order chi connectivity index (χ0) is 20.3. The summed E-state index contributed by atoms with van der Waals surface area (Å²) in [6.07, 6.45) is 2.07. The third kappa shape index (κ3) is 4.54. The van der Waals surface area contributed by atoms with E-state index >= 15 is 0 Å². The smallest absolute Gasteiger partial charge is 0.264 e. The van der Waals surface area contributed by atoms with E-state index in [0.29, 0.717) is 23.8 Å². The zero-order valence-electron chi connectivity index (χ0n) is 16.6. The Morgan fingerprint density at radius 1 is 0.929 bits per heavy atom. The van der Waals surface area contributed by atoms with Gasteiger partial charge in [0, 0.05) is 31.7 Å². The van der Waals surface area contributed by atoms with E-state index in [1.165, 1.54) is 23.5 Å². The molecule has 3 rings (SSSR count). The SMILES string of the molecule is CN(C)CCN(C(=O)c1ccc(S(=O)(=O)N(C)c2ccccc2)cc1)C1CC1. The average Bonchev–Trinajstić information content (AvgIpc) is 3.53. The zero-order valence-corrected chi connectivity index (χ0v) is 17.4. The molecule has 0 aliphatic heterocycles. The molecule has 0 saturated heterocycles. The van der Waals surface area contributed by atoms with E-state index in [-0.39, 0.29) is 10.8 Å². The van der Waals surface area contributed by atoms with Crippen LogP contribution < -0.4 is 4.31 Å². The van der Waals surface area contributed by atoms with Crippen LogP contribution in [0.4, 0.5) is 5.69 Å². The van der Waals surface area contributed by atoms with Crippen LogP contribution in [0.25, 0.3) is 0 Å². The fourth-order valence-corrected chi connectivity index (χ4v) is 4.21. The number of rotatable bonds is 8. The van der Waals surface area contributed by atoms with Gasteiger partial charge in [-0.05, 0) is 63.3 Å². The minimum atomic E-state index is -3.68. The predicted octanol–water partition coefficient (Wildman–Crippen LogP) is 2.68. The van der Waals surface area contributed by atoms with Crippen molar-refractivity contribution in [2.24, 2.45) is 0 Å². The molecule has 7 heteroatoms. The number of carbonyl (C=O) groups excluding carboxylic acids is 1. The van der Waals surface area contributed by atoms with Crippen molar-refractivity contribution in [3.05, 3.63) is 60.2 Å². The molecule has 28 heavy (non-hydrogen) atoms. The first-order valence-electron chi connectivity index (χ1n) is 9.40. The fourth-order valence-electron chi connectivity index (χ4n) is 3.01. The predicted molar refractivity (Wildman–Crippen MR) is 111 cm³/mol. The second-order valence-corrected chi connectivity index (χ2v) is 9.33. The van der Waals surface area contributed by atoms with E-state index < -0.39 is 10.0 Å². The molecular weight excluding hydrogens is 374 g/mol. The average molecular weight is 402 g/mol. The van der Waals surface area contributed by atoms with E-state index in [4.69, 9.17) is 0 Å². The maximum atomic E-state index is 12.9. The lowest BCUT2D eigenvalue weighted by atomic mass is 10.2. The lowest BCUT2D eigenvalue weighted by Crippen LogP contribution is -2.38. The molecule has 0 spiro atoms. The molecule has 2 aromatic rings. The summed E-state index contributed by atoms with van der Waals surface area (Å²) in [4.78, 5) is 17.0. The minimum Gasteiger partial charge on any atom is -0.334 e. The second kappa shape index (κ2) is 8.32. The second-order valence-electron chi connectivity index (χ2n) is 7.37. The highest BCUT2D eigenvalue weighted by atomic mass is 32.2. The lowest BCUT2D eigenvalue weighted by molar-refractivity contribution is 0.0732. The van der Waals surface area contributed by atoms with Crippen LogP contribution in [0.1, 0.15) is 23.2 Å². The number of sulfonamides is 1. The van der Waals surface area contributed by atoms with Crippen molar-refractivity contribution in [2.45, 2.75) is 23.8 Å². The molecule has 2 aromatic carbocycles. The summed E-state index contributed by atoms with van der Waals surface area (Å²) in [5.74, 6) is -0.0373. The number of hydrogen-bond donors (Lipinski definition) is 0. The summed E-state index contributed by atoms with van der Waals surface area (Å²) in [6.45, 7) is 1.48. The molecule has 6 nitrogen and oxygen atoms in total. The van der Waals surface area contributed by atoms with Gasteiger partial charge in [0.1, 0.15) is 0 Å². The van der Waals surface area contributed by atoms with Gasteiger partial charge in [-0.2, -0.15) is 0 Å². The van der Waals surface area contributed by atoms with Gasteiger partial charge in [-0.1, -0.05) is 18.2 Å². The van der Waals surface area contributed by atoms with Gasteiger partial charge in [0.25, 0.3) is 15.9 Å². The summed E-state index contributed by atoms with van der Waals surface area (Å²) >= 11 is 0. The Kier molecular flexibility index (Phi) is 6.05. The highest BCUT2D eigenvalue weighted by molar-refractivity contribution is 7.92. The number of carbonyl (C=O) groups is 1. The van der Waals surface area contributed by atoms with Crippen molar-refractivity contribution in [3.8, 4) is 0 Å². The number of amides is 1. The fraction of sp³-hybridized carbons (Fsp3) is 0.381. The molecule has 0 unspecified atom stereocenters. The molecule has 1 aliphatic carbocycles. The van der Waals surface area contributed by atoms with Gasteiger partial charge in [-0.15, -0.1) is 0 Å². The first-order valence-corrected chi connectivity index (χ1v) is 10.8. The highest BCUT2D eigenvalue weighted by Gasteiger charge is 2.33. The molecule has 0 aromatic heterocycles. The van der Waals surface area contributed by atoms with E-state index in [9.17, 15) is 13.2 Å². The molecule has 0 radical (unpaired) electrons. The summed E-state index contributed by atoms with van der Waals surface area (Å²) < 4.78 is 27.0. The van der Waals surface area contributed by atoms with Crippen LogP contribution >= 0.6 is 0 Å². The molecule has 1 fully saturated rings. The summed E-state index contributed by atoms with van der Waals surface area (Å²) in [7, 11) is 1.82. The number of para-hydroxylation sites is 1. The molecule has 1 saturated carbocycles. The van der Waals surface area contributed by atoms with Crippen molar-refractivity contribution < 1.29 is 13.2 Å². The Labute approximate surface area is 167 Å². The Hall–Kier alpha value is -2.38. The number of likely N-dealkylation sites (N-methyl/N-ethyl adjacent to an activating group) is 1. The molecule has 0 bridgehead atoms. The van der Waals surface area contributed by atoms with E-state index in [0.717, 1.165) is 19.4 Å². The van der Waals surface area contributed by atoms with Gasteiger partial charge in [0.2, 0.25) is 0 Å². The van der Waals surface area contributed by atoms with Crippen molar-refractivity contribution in [2.75, 3.05) is 38.5 Å². The topological polar surface area (TPSA) is 60.9 Å². The van der Waals surface area contributed by atoms with Gasteiger partial charge < -0.3 is 9.80 Å². The third-order valence-corrected chi connectivity index (χ3v) is 6.72. The molecule has 1 amide bonds. The Morgan fingerprint density at radius 3 is 2.07 bits per heavy atom. The number of benzene rings is 2.